The van der Waals surface area contributed by atoms with Gasteiger partial charge in [0, 0.05) is 9.58 Å². The van der Waals surface area contributed by atoms with Crippen LogP contribution in [0.3, 0.4) is 0 Å². The summed E-state index contributed by atoms with van der Waals surface area (Å²) in [5.41, 5.74) is -0.757. The fourth-order valence-electron chi connectivity index (χ4n) is 2.58. The lowest BCUT2D eigenvalue weighted by Gasteiger charge is -2.27. The molecule has 0 saturated carbocycles. The molecule has 1 heterocycles. The van der Waals surface area contributed by atoms with Gasteiger partial charge in [-0.05, 0) is 57.3 Å². The van der Waals surface area contributed by atoms with Crippen molar-refractivity contribution in [1.29, 1.82) is 0 Å². The Balaban J connectivity index is 1.86. The molecule has 0 saturated heterocycles. The zero-order valence-corrected chi connectivity index (χ0v) is 17.6. The third-order valence-corrected chi connectivity index (χ3v) is 5.19. The molecule has 0 aliphatic heterocycles. The van der Waals surface area contributed by atoms with Gasteiger partial charge in [-0.2, -0.15) is 0 Å². The zero-order valence-electron chi connectivity index (χ0n) is 16.7. The van der Waals surface area contributed by atoms with Gasteiger partial charge in [0.1, 0.15) is 17.4 Å². The minimum Gasteiger partial charge on any atom is -0.427 e. The van der Waals surface area contributed by atoms with Gasteiger partial charge in [-0.15, -0.1) is 16.4 Å². The largest absolute Gasteiger partial charge is 0.534 e. The molecule has 1 atom stereocenters. The zero-order chi connectivity index (χ0) is 21.0. The minimum absolute atomic E-state index is 0.346. The van der Waals surface area contributed by atoms with Gasteiger partial charge in [0.25, 0.3) is 0 Å². The van der Waals surface area contributed by atoms with E-state index in [1.54, 1.807) is 52.0 Å². The van der Waals surface area contributed by atoms with Crippen molar-refractivity contribution in [3.05, 3.63) is 65.5 Å². The monoisotopic (exact) mass is 413 g/mol. The molecule has 152 valence electrons. The van der Waals surface area contributed by atoms with Crippen molar-refractivity contribution in [2.45, 2.75) is 39.3 Å². The second-order valence-electron chi connectivity index (χ2n) is 7.43. The molecule has 3 aromatic rings. The lowest BCUT2D eigenvalue weighted by atomic mass is 10.2. The second kappa shape index (κ2) is 8.53. The van der Waals surface area contributed by atoms with Crippen LogP contribution in [0, 0.1) is 0 Å². The van der Waals surface area contributed by atoms with Crippen LogP contribution in [-0.2, 0) is 9.57 Å². The molecule has 0 aliphatic carbocycles. The maximum absolute atomic E-state index is 12.8. The van der Waals surface area contributed by atoms with E-state index in [9.17, 15) is 9.59 Å². The highest BCUT2D eigenvalue weighted by Gasteiger charge is 2.31. The van der Waals surface area contributed by atoms with Crippen LogP contribution in [0.5, 0.6) is 5.75 Å². The Labute approximate surface area is 173 Å². The van der Waals surface area contributed by atoms with Crippen molar-refractivity contribution in [1.82, 2.24) is 5.06 Å². The maximum atomic E-state index is 12.8. The number of thiophene rings is 1. The SMILES string of the molecule is CC(c1cc2ccccc2s1)N(OC(=O)OC(C)(C)C)C(=O)Oc1ccccc1. The molecule has 3 rings (SSSR count). The summed E-state index contributed by atoms with van der Waals surface area (Å²) < 4.78 is 11.7. The second-order valence-corrected chi connectivity index (χ2v) is 8.54. The number of ether oxygens (including phenoxy) is 2. The molecule has 0 aliphatic rings. The smallest absolute Gasteiger partial charge is 0.427 e. The van der Waals surface area contributed by atoms with Crippen LogP contribution in [0.25, 0.3) is 10.1 Å². The topological polar surface area (TPSA) is 65.1 Å². The van der Waals surface area contributed by atoms with Crippen molar-refractivity contribution in [2.24, 2.45) is 0 Å². The van der Waals surface area contributed by atoms with Crippen molar-refractivity contribution in [2.75, 3.05) is 0 Å². The number of hydrogen-bond donors (Lipinski definition) is 0. The number of amides is 1. The standard InChI is InChI=1S/C22H23NO5S/c1-15(19-14-16-10-8-9-13-18(16)29-19)23(28-21(25)27-22(2,3)4)20(24)26-17-11-6-5-7-12-17/h5-15H,1-4H3. The Morgan fingerprint density at radius 2 is 1.66 bits per heavy atom. The van der Waals surface area contributed by atoms with Crippen molar-refractivity contribution in [3.8, 4) is 5.75 Å². The number of nitrogens with zero attached hydrogens (tertiary/aromatic N) is 1. The normalized spacial score (nSPS) is 12.3. The molecular weight excluding hydrogens is 390 g/mol. The predicted octanol–water partition coefficient (Wildman–Crippen LogP) is 6.33. The van der Waals surface area contributed by atoms with E-state index in [2.05, 4.69) is 0 Å². The van der Waals surface area contributed by atoms with E-state index in [4.69, 9.17) is 14.3 Å². The van der Waals surface area contributed by atoms with Crippen LogP contribution in [0.1, 0.15) is 38.6 Å². The Bertz CT molecular complexity index is 960. The van der Waals surface area contributed by atoms with Crippen molar-refractivity contribution in [3.63, 3.8) is 0 Å². The molecule has 0 spiro atoms. The Kier molecular flexibility index (Phi) is 6.08. The van der Waals surface area contributed by atoms with E-state index in [-0.39, 0.29) is 0 Å². The molecule has 2 aromatic carbocycles. The van der Waals surface area contributed by atoms with Gasteiger partial charge in [-0.3, -0.25) is 4.84 Å². The molecule has 1 amide bonds. The average molecular weight is 413 g/mol. The molecule has 1 aromatic heterocycles. The number of benzene rings is 2. The van der Waals surface area contributed by atoms with E-state index in [0.717, 1.165) is 20.0 Å². The van der Waals surface area contributed by atoms with Crippen molar-refractivity contribution < 1.29 is 23.9 Å². The highest BCUT2D eigenvalue weighted by Crippen LogP contribution is 2.33. The van der Waals surface area contributed by atoms with Crippen LogP contribution in [0.2, 0.25) is 0 Å². The number of carbonyl (C=O) groups is 2. The summed E-state index contributed by atoms with van der Waals surface area (Å²) in [6.45, 7) is 6.92. The molecule has 7 heteroatoms. The highest BCUT2D eigenvalue weighted by molar-refractivity contribution is 7.19. The highest BCUT2D eigenvalue weighted by atomic mass is 32.1. The molecule has 1 unspecified atom stereocenters. The molecule has 29 heavy (non-hydrogen) atoms. The van der Waals surface area contributed by atoms with Gasteiger partial charge in [0.2, 0.25) is 0 Å². The van der Waals surface area contributed by atoms with E-state index in [0.29, 0.717) is 5.75 Å². The summed E-state index contributed by atoms with van der Waals surface area (Å²) in [5, 5.41) is 1.96. The van der Waals surface area contributed by atoms with Crippen LogP contribution < -0.4 is 4.74 Å². The van der Waals surface area contributed by atoms with Crippen LogP contribution in [0.15, 0.2) is 60.7 Å². The molecule has 0 N–H and O–H groups in total. The fraction of sp³-hybridized carbons (Fsp3) is 0.273. The van der Waals surface area contributed by atoms with E-state index in [1.165, 1.54) is 11.3 Å². The first-order valence-electron chi connectivity index (χ1n) is 9.18. The number of carbonyl (C=O) groups excluding carboxylic acids is 2. The number of fused-ring (bicyclic) bond motifs is 1. The third-order valence-electron chi connectivity index (χ3n) is 3.90. The first-order chi connectivity index (χ1) is 13.7. The summed E-state index contributed by atoms with van der Waals surface area (Å²) >= 11 is 1.52. The average Bonchev–Trinajstić information content (AvgIpc) is 3.09. The van der Waals surface area contributed by atoms with Crippen LogP contribution >= 0.6 is 11.3 Å². The summed E-state index contributed by atoms with van der Waals surface area (Å²) in [4.78, 5) is 31.2. The minimum atomic E-state index is -0.976. The van der Waals surface area contributed by atoms with E-state index in [1.807, 2.05) is 36.4 Å². The van der Waals surface area contributed by atoms with E-state index < -0.39 is 23.9 Å². The van der Waals surface area contributed by atoms with Gasteiger partial charge in [0.05, 0.1) is 0 Å². The summed E-state index contributed by atoms with van der Waals surface area (Å²) in [6.07, 6.45) is -1.79. The van der Waals surface area contributed by atoms with Crippen molar-refractivity contribution >= 4 is 33.7 Å². The number of para-hydroxylation sites is 1. The van der Waals surface area contributed by atoms with Gasteiger partial charge in [0.15, 0.2) is 0 Å². The number of hydroxylamine groups is 2. The number of rotatable bonds is 3. The maximum Gasteiger partial charge on any atom is 0.534 e. The molecule has 6 nitrogen and oxygen atoms in total. The lowest BCUT2D eigenvalue weighted by molar-refractivity contribution is -0.138. The van der Waals surface area contributed by atoms with E-state index >= 15 is 0 Å². The Morgan fingerprint density at radius 1 is 1.00 bits per heavy atom. The Morgan fingerprint density at radius 3 is 2.31 bits per heavy atom. The third kappa shape index (κ3) is 5.48. The summed E-state index contributed by atoms with van der Waals surface area (Å²) in [5.74, 6) is 0.346. The Hall–Kier alpha value is -3.06. The van der Waals surface area contributed by atoms with Crippen LogP contribution in [0.4, 0.5) is 9.59 Å². The van der Waals surface area contributed by atoms with Gasteiger partial charge in [-0.1, -0.05) is 36.4 Å². The molecular formula is C22H23NO5S. The summed E-state index contributed by atoms with van der Waals surface area (Å²) in [7, 11) is 0. The molecule has 0 bridgehead atoms. The molecule has 0 fully saturated rings. The quantitative estimate of drug-likeness (QED) is 0.371. The van der Waals surface area contributed by atoms with Gasteiger partial charge >= 0.3 is 12.2 Å². The first kappa shape index (κ1) is 20.7. The lowest BCUT2D eigenvalue weighted by Crippen LogP contribution is -2.39. The molecule has 0 radical (unpaired) electrons. The first-order valence-corrected chi connectivity index (χ1v) is 10.00. The fourth-order valence-corrected chi connectivity index (χ4v) is 3.68. The van der Waals surface area contributed by atoms with Gasteiger partial charge < -0.3 is 9.47 Å². The summed E-state index contributed by atoms with van der Waals surface area (Å²) in [6, 6.07) is 17.9. The van der Waals surface area contributed by atoms with Gasteiger partial charge in [-0.25, -0.2) is 9.59 Å². The van der Waals surface area contributed by atoms with Crippen LogP contribution in [-0.4, -0.2) is 22.9 Å². The predicted molar refractivity (Wildman–Crippen MR) is 112 cm³/mol. The number of hydrogen-bond acceptors (Lipinski definition) is 6.